The molecule has 0 fully saturated rings. The average molecular weight is 155 g/mol. The maximum absolute atomic E-state index is 3.92. The van der Waals surface area contributed by atoms with Crippen molar-refractivity contribution in [2.75, 3.05) is 13.1 Å². The highest BCUT2D eigenvalue weighted by molar-refractivity contribution is 4.95. The van der Waals surface area contributed by atoms with E-state index in [1.807, 2.05) is 0 Å². The van der Waals surface area contributed by atoms with Gasteiger partial charge in [-0.05, 0) is 19.8 Å². The van der Waals surface area contributed by atoms with Crippen molar-refractivity contribution >= 4 is 0 Å². The van der Waals surface area contributed by atoms with E-state index >= 15 is 0 Å². The van der Waals surface area contributed by atoms with E-state index < -0.39 is 0 Å². The highest BCUT2D eigenvalue weighted by Gasteiger charge is 2.02. The van der Waals surface area contributed by atoms with Crippen molar-refractivity contribution in [3.05, 3.63) is 24.4 Å². The molecule has 1 aliphatic rings. The van der Waals surface area contributed by atoms with Crippen LogP contribution in [-0.2, 0) is 0 Å². The summed E-state index contributed by atoms with van der Waals surface area (Å²) in [5.41, 5.74) is 1.20. The van der Waals surface area contributed by atoms with E-state index in [-0.39, 0.29) is 8.85 Å². The normalized spacial score (nSPS) is 17.0. The van der Waals surface area contributed by atoms with Gasteiger partial charge in [0.1, 0.15) is 0 Å². The van der Waals surface area contributed by atoms with Crippen LogP contribution in [0.5, 0.6) is 0 Å². The molecule has 0 N–H and O–H groups in total. The van der Waals surface area contributed by atoms with Gasteiger partial charge in [-0.2, -0.15) is 0 Å². The minimum absolute atomic E-state index is 0. The molecule has 1 heterocycles. The summed E-state index contributed by atoms with van der Waals surface area (Å²) in [7, 11) is 0. The van der Waals surface area contributed by atoms with E-state index in [9.17, 15) is 0 Å². The highest BCUT2D eigenvalue weighted by atomic mass is 15.1. The van der Waals surface area contributed by atoms with Crippen molar-refractivity contribution < 1.29 is 1.43 Å². The molecule has 1 heteroatoms. The fourth-order valence-electron chi connectivity index (χ4n) is 1.19. The number of rotatable bonds is 1. The summed E-state index contributed by atoms with van der Waals surface area (Å²) in [5, 5.41) is 0. The average Bonchev–Trinajstić information content (AvgIpc) is 2.12. The van der Waals surface area contributed by atoms with Gasteiger partial charge in [-0.15, -0.1) is 0 Å². The van der Waals surface area contributed by atoms with E-state index in [0.29, 0.717) is 0 Å². The van der Waals surface area contributed by atoms with E-state index in [1.165, 1.54) is 18.5 Å². The SMILES string of the molecule is C.C=C(C)N1CCC=CCC1.[HH]. The zero-order chi connectivity index (χ0) is 7.40. The fourth-order valence-corrected chi connectivity index (χ4v) is 1.19. The summed E-state index contributed by atoms with van der Waals surface area (Å²) in [5.74, 6) is 0. The summed E-state index contributed by atoms with van der Waals surface area (Å²) in [4.78, 5) is 2.33. The van der Waals surface area contributed by atoms with Crippen LogP contribution in [0.4, 0.5) is 0 Å². The van der Waals surface area contributed by atoms with Crippen molar-refractivity contribution in [3.63, 3.8) is 0 Å². The Morgan fingerprint density at radius 1 is 1.36 bits per heavy atom. The predicted molar refractivity (Wildman–Crippen MR) is 53.6 cm³/mol. The van der Waals surface area contributed by atoms with Crippen LogP contribution in [0, 0.1) is 0 Å². The molecule has 1 nitrogen and oxygen atoms in total. The van der Waals surface area contributed by atoms with Gasteiger partial charge in [0.25, 0.3) is 0 Å². The lowest BCUT2D eigenvalue weighted by Gasteiger charge is -2.21. The quantitative estimate of drug-likeness (QED) is 0.526. The maximum atomic E-state index is 3.92. The summed E-state index contributed by atoms with van der Waals surface area (Å²) in [6.07, 6.45) is 6.85. The molecule has 0 atom stereocenters. The first-order valence-electron chi connectivity index (χ1n) is 3.86. The van der Waals surface area contributed by atoms with Crippen molar-refractivity contribution in [1.29, 1.82) is 0 Å². The minimum Gasteiger partial charge on any atom is -0.375 e. The maximum Gasteiger partial charge on any atom is 0.0209 e. The number of hydrogen-bond acceptors (Lipinski definition) is 1. The van der Waals surface area contributed by atoms with E-state index in [2.05, 4.69) is 30.6 Å². The Kier molecular flexibility index (Phi) is 4.67. The molecule has 11 heavy (non-hydrogen) atoms. The third kappa shape index (κ3) is 3.26. The molecule has 1 rings (SSSR count). The van der Waals surface area contributed by atoms with Gasteiger partial charge in [0.15, 0.2) is 0 Å². The Morgan fingerprint density at radius 3 is 2.18 bits per heavy atom. The minimum atomic E-state index is 0. The van der Waals surface area contributed by atoms with Crippen LogP contribution >= 0.6 is 0 Å². The summed E-state index contributed by atoms with van der Waals surface area (Å²) in [6.45, 7) is 8.28. The Labute approximate surface area is 71.9 Å². The van der Waals surface area contributed by atoms with E-state index in [4.69, 9.17) is 0 Å². The molecule has 0 spiro atoms. The van der Waals surface area contributed by atoms with Crippen LogP contribution in [0.25, 0.3) is 0 Å². The Hall–Kier alpha value is -0.720. The molecule has 0 unspecified atom stereocenters. The Bertz CT molecular complexity index is 142. The molecule has 0 aromatic rings. The van der Waals surface area contributed by atoms with Crippen molar-refractivity contribution in [2.45, 2.75) is 27.2 Å². The first kappa shape index (κ1) is 10.3. The van der Waals surface area contributed by atoms with E-state index in [0.717, 1.165) is 13.1 Å². The topological polar surface area (TPSA) is 3.24 Å². The van der Waals surface area contributed by atoms with Crippen LogP contribution in [0.3, 0.4) is 0 Å². The van der Waals surface area contributed by atoms with Crippen LogP contribution in [0.15, 0.2) is 24.4 Å². The molecule has 0 bridgehead atoms. The number of nitrogens with zero attached hydrogens (tertiary/aromatic N) is 1. The van der Waals surface area contributed by atoms with Gasteiger partial charge < -0.3 is 4.90 Å². The zero-order valence-electron chi connectivity index (χ0n) is 6.64. The molecule has 0 aliphatic carbocycles. The van der Waals surface area contributed by atoms with Gasteiger partial charge in [-0.3, -0.25) is 0 Å². The zero-order valence-corrected chi connectivity index (χ0v) is 6.64. The molecule has 0 amide bonds. The van der Waals surface area contributed by atoms with Crippen molar-refractivity contribution in [3.8, 4) is 0 Å². The smallest absolute Gasteiger partial charge is 0.0209 e. The molecule has 0 aromatic heterocycles. The molecule has 66 valence electrons. The second kappa shape index (κ2) is 5.00. The van der Waals surface area contributed by atoms with Crippen LogP contribution in [-0.4, -0.2) is 18.0 Å². The van der Waals surface area contributed by atoms with Gasteiger partial charge >= 0.3 is 0 Å². The molecule has 0 saturated heterocycles. The van der Waals surface area contributed by atoms with Gasteiger partial charge in [0.05, 0.1) is 0 Å². The predicted octanol–water partition coefficient (Wildman–Crippen LogP) is 3.05. The molecule has 0 aromatic carbocycles. The Morgan fingerprint density at radius 2 is 1.82 bits per heavy atom. The standard InChI is InChI=1S/C9H15N.CH4.H2/c1-9(2)10-7-5-3-4-6-8-10;;/h3-4H,1,5-8H2,2H3;1H4;1H. The third-order valence-electron chi connectivity index (χ3n) is 1.84. The summed E-state index contributed by atoms with van der Waals surface area (Å²) in [6, 6.07) is 0. The van der Waals surface area contributed by atoms with Crippen LogP contribution < -0.4 is 0 Å². The molecule has 1 aliphatic heterocycles. The van der Waals surface area contributed by atoms with Crippen LogP contribution in [0.2, 0.25) is 0 Å². The van der Waals surface area contributed by atoms with E-state index in [1.54, 1.807) is 0 Å². The van der Waals surface area contributed by atoms with Crippen LogP contribution in [0.1, 0.15) is 28.6 Å². The van der Waals surface area contributed by atoms with Gasteiger partial charge in [0, 0.05) is 20.2 Å². The molecule has 0 radical (unpaired) electrons. The highest BCUT2D eigenvalue weighted by Crippen LogP contribution is 2.07. The molecule has 0 saturated carbocycles. The van der Waals surface area contributed by atoms with Gasteiger partial charge in [0.2, 0.25) is 0 Å². The van der Waals surface area contributed by atoms with Gasteiger partial charge in [-0.1, -0.05) is 26.2 Å². The fraction of sp³-hybridized carbons (Fsp3) is 0.600. The number of allylic oxidation sites excluding steroid dienone is 1. The number of hydrogen-bond donors (Lipinski definition) is 0. The molecular formula is C10H21N. The third-order valence-corrected chi connectivity index (χ3v) is 1.84. The van der Waals surface area contributed by atoms with Crippen molar-refractivity contribution in [2.24, 2.45) is 0 Å². The lowest BCUT2D eigenvalue weighted by Crippen LogP contribution is -2.21. The lowest BCUT2D eigenvalue weighted by atomic mass is 10.4. The Balaban J connectivity index is 0. The molecular weight excluding hydrogens is 134 g/mol. The first-order chi connectivity index (χ1) is 4.80. The second-order valence-electron chi connectivity index (χ2n) is 2.77. The monoisotopic (exact) mass is 155 g/mol. The van der Waals surface area contributed by atoms with Gasteiger partial charge in [-0.25, -0.2) is 0 Å². The summed E-state index contributed by atoms with van der Waals surface area (Å²) >= 11 is 0. The van der Waals surface area contributed by atoms with Crippen molar-refractivity contribution in [1.82, 2.24) is 4.90 Å². The first-order valence-corrected chi connectivity index (χ1v) is 3.86. The largest absolute Gasteiger partial charge is 0.375 e. The lowest BCUT2D eigenvalue weighted by molar-refractivity contribution is 0.366. The second-order valence-corrected chi connectivity index (χ2v) is 2.77. The summed E-state index contributed by atoms with van der Waals surface area (Å²) < 4.78 is 0.